The van der Waals surface area contributed by atoms with Crippen LogP contribution >= 0.6 is 15.9 Å². The normalized spacial score (nSPS) is 12.8. The van der Waals surface area contributed by atoms with Gasteiger partial charge in [0.15, 0.2) is 0 Å². The fraction of sp³-hybridized carbons (Fsp3) is 0.500. The molecule has 3 N–H and O–H groups in total. The number of nitrogens with two attached hydrogens (primary N) is 1. The highest BCUT2D eigenvalue weighted by atomic mass is 79.9. The highest BCUT2D eigenvalue weighted by Crippen LogP contribution is 2.21. The quantitative estimate of drug-likeness (QED) is 0.790. The molecule has 0 spiro atoms. The molecule has 0 aliphatic carbocycles. The number of rotatable bonds is 6. The lowest BCUT2D eigenvalue weighted by atomic mass is 10.1. The molecule has 1 unspecified atom stereocenters. The molecule has 1 aromatic carbocycles. The summed E-state index contributed by atoms with van der Waals surface area (Å²) in [6, 6.07) is 5.03. The highest BCUT2D eigenvalue weighted by Gasteiger charge is 2.10. The number of unbranched alkanes of at least 4 members (excludes halogenated alkanes) is 1. The third-order valence-electron chi connectivity index (χ3n) is 2.51. The lowest BCUT2D eigenvalue weighted by Gasteiger charge is -2.15. The predicted molar refractivity (Wildman–Crippen MR) is 68.8 cm³/mol. The van der Waals surface area contributed by atoms with Crippen LogP contribution in [0, 0.1) is 5.82 Å². The SMILES string of the molecule is CC(NCCCCN)c1cc(Br)ccc1F. The van der Waals surface area contributed by atoms with Crippen LogP contribution in [0.3, 0.4) is 0 Å². The maximum Gasteiger partial charge on any atom is 0.128 e. The molecule has 0 bridgehead atoms. The topological polar surface area (TPSA) is 38.0 Å². The smallest absolute Gasteiger partial charge is 0.128 e. The fourth-order valence-electron chi connectivity index (χ4n) is 1.54. The number of hydrogen-bond donors (Lipinski definition) is 2. The first kappa shape index (κ1) is 13.6. The zero-order valence-corrected chi connectivity index (χ0v) is 11.1. The first-order chi connectivity index (χ1) is 7.65. The van der Waals surface area contributed by atoms with Crippen LogP contribution in [0.5, 0.6) is 0 Å². The van der Waals surface area contributed by atoms with E-state index in [0.717, 1.165) is 23.9 Å². The second-order valence-corrected chi connectivity index (χ2v) is 4.75. The molecule has 2 nitrogen and oxygen atoms in total. The molecule has 0 saturated carbocycles. The van der Waals surface area contributed by atoms with Crippen molar-refractivity contribution in [1.29, 1.82) is 0 Å². The Morgan fingerprint density at radius 1 is 1.44 bits per heavy atom. The van der Waals surface area contributed by atoms with Gasteiger partial charge in [-0.25, -0.2) is 4.39 Å². The van der Waals surface area contributed by atoms with Crippen LogP contribution in [0.4, 0.5) is 4.39 Å². The van der Waals surface area contributed by atoms with Gasteiger partial charge in [0, 0.05) is 16.1 Å². The Morgan fingerprint density at radius 2 is 2.19 bits per heavy atom. The van der Waals surface area contributed by atoms with Crippen molar-refractivity contribution < 1.29 is 4.39 Å². The van der Waals surface area contributed by atoms with E-state index in [1.54, 1.807) is 6.07 Å². The molecule has 16 heavy (non-hydrogen) atoms. The predicted octanol–water partition coefficient (Wildman–Crippen LogP) is 2.98. The van der Waals surface area contributed by atoms with E-state index in [2.05, 4.69) is 21.2 Å². The van der Waals surface area contributed by atoms with E-state index in [1.165, 1.54) is 6.07 Å². The number of nitrogens with one attached hydrogen (secondary N) is 1. The Bertz CT molecular complexity index is 331. The van der Waals surface area contributed by atoms with E-state index in [-0.39, 0.29) is 11.9 Å². The van der Waals surface area contributed by atoms with E-state index in [9.17, 15) is 4.39 Å². The summed E-state index contributed by atoms with van der Waals surface area (Å²) >= 11 is 3.35. The summed E-state index contributed by atoms with van der Waals surface area (Å²) < 4.78 is 14.4. The monoisotopic (exact) mass is 288 g/mol. The van der Waals surface area contributed by atoms with Gasteiger partial charge in [-0.15, -0.1) is 0 Å². The minimum atomic E-state index is -0.165. The summed E-state index contributed by atoms with van der Waals surface area (Å²) in [5.41, 5.74) is 6.10. The van der Waals surface area contributed by atoms with E-state index < -0.39 is 0 Å². The molecular formula is C12H18BrFN2. The second-order valence-electron chi connectivity index (χ2n) is 3.84. The molecule has 1 atom stereocenters. The standard InChI is InChI=1S/C12H18BrFN2/c1-9(16-7-3-2-6-15)11-8-10(13)4-5-12(11)14/h4-5,8-9,16H,2-3,6-7,15H2,1H3. The second kappa shape index (κ2) is 6.99. The Hall–Kier alpha value is -0.450. The number of hydrogen-bond acceptors (Lipinski definition) is 2. The maximum atomic E-state index is 13.5. The summed E-state index contributed by atoms with van der Waals surface area (Å²) in [4.78, 5) is 0. The van der Waals surface area contributed by atoms with Crippen molar-refractivity contribution in [3.8, 4) is 0 Å². The maximum absolute atomic E-state index is 13.5. The van der Waals surface area contributed by atoms with Crippen LogP contribution in [-0.4, -0.2) is 13.1 Å². The third kappa shape index (κ3) is 4.20. The molecule has 0 saturated heterocycles. The summed E-state index contributed by atoms with van der Waals surface area (Å²) in [5, 5.41) is 3.29. The number of benzene rings is 1. The molecular weight excluding hydrogens is 271 g/mol. The molecule has 1 aromatic rings. The largest absolute Gasteiger partial charge is 0.330 e. The van der Waals surface area contributed by atoms with Gasteiger partial charge in [-0.05, 0) is 51.1 Å². The van der Waals surface area contributed by atoms with Gasteiger partial charge in [-0.2, -0.15) is 0 Å². The van der Waals surface area contributed by atoms with Gasteiger partial charge < -0.3 is 11.1 Å². The van der Waals surface area contributed by atoms with Crippen molar-refractivity contribution in [2.24, 2.45) is 5.73 Å². The van der Waals surface area contributed by atoms with E-state index in [4.69, 9.17) is 5.73 Å². The fourth-order valence-corrected chi connectivity index (χ4v) is 1.92. The van der Waals surface area contributed by atoms with Gasteiger partial charge in [0.1, 0.15) is 5.82 Å². The molecule has 0 radical (unpaired) electrons. The van der Waals surface area contributed by atoms with Crippen molar-refractivity contribution in [3.05, 3.63) is 34.1 Å². The molecule has 0 aliphatic rings. The lowest BCUT2D eigenvalue weighted by Crippen LogP contribution is -2.21. The summed E-state index contributed by atoms with van der Waals surface area (Å²) in [7, 11) is 0. The van der Waals surface area contributed by atoms with E-state index in [1.807, 2.05) is 13.0 Å². The van der Waals surface area contributed by atoms with Crippen molar-refractivity contribution in [2.45, 2.75) is 25.8 Å². The summed E-state index contributed by atoms with van der Waals surface area (Å²) in [6.45, 7) is 3.54. The minimum absolute atomic E-state index is 0.0234. The van der Waals surface area contributed by atoms with Crippen molar-refractivity contribution in [2.75, 3.05) is 13.1 Å². The van der Waals surface area contributed by atoms with Crippen molar-refractivity contribution >= 4 is 15.9 Å². The minimum Gasteiger partial charge on any atom is -0.330 e. The third-order valence-corrected chi connectivity index (χ3v) is 3.00. The summed E-state index contributed by atoms with van der Waals surface area (Å²) in [6.07, 6.45) is 2.02. The van der Waals surface area contributed by atoms with Crippen molar-refractivity contribution in [3.63, 3.8) is 0 Å². The van der Waals surface area contributed by atoms with Crippen LogP contribution in [0.15, 0.2) is 22.7 Å². The zero-order chi connectivity index (χ0) is 12.0. The van der Waals surface area contributed by atoms with Crippen LogP contribution in [-0.2, 0) is 0 Å². The molecule has 4 heteroatoms. The van der Waals surface area contributed by atoms with E-state index >= 15 is 0 Å². The molecule has 1 rings (SSSR count). The molecule has 90 valence electrons. The van der Waals surface area contributed by atoms with Gasteiger partial charge in [0.25, 0.3) is 0 Å². The molecule has 0 aromatic heterocycles. The van der Waals surface area contributed by atoms with Gasteiger partial charge in [-0.3, -0.25) is 0 Å². The first-order valence-corrected chi connectivity index (χ1v) is 6.33. The van der Waals surface area contributed by atoms with Gasteiger partial charge in [0.05, 0.1) is 0 Å². The molecule has 0 fully saturated rings. The Labute approximate surface area is 105 Å². The summed E-state index contributed by atoms with van der Waals surface area (Å²) in [5.74, 6) is -0.165. The van der Waals surface area contributed by atoms with Crippen LogP contribution in [0.2, 0.25) is 0 Å². The van der Waals surface area contributed by atoms with Crippen LogP contribution in [0.1, 0.15) is 31.4 Å². The zero-order valence-electron chi connectivity index (χ0n) is 9.47. The van der Waals surface area contributed by atoms with Crippen LogP contribution < -0.4 is 11.1 Å². The Morgan fingerprint density at radius 3 is 2.88 bits per heavy atom. The van der Waals surface area contributed by atoms with E-state index in [0.29, 0.717) is 12.1 Å². The van der Waals surface area contributed by atoms with Gasteiger partial charge >= 0.3 is 0 Å². The average molecular weight is 289 g/mol. The molecule has 0 heterocycles. The van der Waals surface area contributed by atoms with Crippen molar-refractivity contribution in [1.82, 2.24) is 5.32 Å². The first-order valence-electron chi connectivity index (χ1n) is 5.53. The molecule has 0 aliphatic heterocycles. The van der Waals surface area contributed by atoms with Crippen LogP contribution in [0.25, 0.3) is 0 Å². The lowest BCUT2D eigenvalue weighted by molar-refractivity contribution is 0.516. The highest BCUT2D eigenvalue weighted by molar-refractivity contribution is 9.10. The average Bonchev–Trinajstić information content (AvgIpc) is 2.27. The van der Waals surface area contributed by atoms with Gasteiger partial charge in [0.2, 0.25) is 0 Å². The van der Waals surface area contributed by atoms with Gasteiger partial charge in [-0.1, -0.05) is 15.9 Å². The molecule has 0 amide bonds. The Kier molecular flexibility index (Phi) is 5.95. The number of halogens is 2. The Balaban J connectivity index is 2.51.